The van der Waals surface area contributed by atoms with Crippen LogP contribution in [0.25, 0.3) is 0 Å². The first kappa shape index (κ1) is 18.9. The summed E-state index contributed by atoms with van der Waals surface area (Å²) >= 11 is 0. The van der Waals surface area contributed by atoms with Crippen LogP contribution in [0.5, 0.6) is 11.5 Å². The maximum absolute atomic E-state index is 8.78. The molecule has 0 unspecified atom stereocenters. The van der Waals surface area contributed by atoms with Gasteiger partial charge in [0.2, 0.25) is 0 Å². The summed E-state index contributed by atoms with van der Waals surface area (Å²) in [6.45, 7) is 0.814. The lowest BCUT2D eigenvalue weighted by Crippen LogP contribution is -2.10. The van der Waals surface area contributed by atoms with E-state index >= 15 is 0 Å². The Balaban J connectivity index is 1.72. The zero-order valence-corrected chi connectivity index (χ0v) is 15.1. The van der Waals surface area contributed by atoms with E-state index < -0.39 is 0 Å². The van der Waals surface area contributed by atoms with Gasteiger partial charge in [0.05, 0.1) is 0 Å². The van der Waals surface area contributed by atoms with E-state index in [0.717, 1.165) is 34.0 Å². The van der Waals surface area contributed by atoms with Gasteiger partial charge in [-0.25, -0.2) is 11.0 Å². The highest BCUT2D eigenvalue weighted by molar-refractivity contribution is 5.64. The monoisotopic (exact) mass is 365 g/mol. The average Bonchev–Trinajstić information content (AvgIpc) is 2.70. The van der Waals surface area contributed by atoms with Crippen LogP contribution in [0.15, 0.2) is 72.8 Å². The van der Waals surface area contributed by atoms with Crippen molar-refractivity contribution in [3.63, 3.8) is 0 Å². The molecule has 0 amide bonds. The molecule has 140 valence electrons. The highest BCUT2D eigenvalue weighted by atomic mass is 16.5. The SMILES string of the molecule is CN(c1ccc(CNO)cc1)c1cccc(Oc2ccc(CNO)cc2)c1. The van der Waals surface area contributed by atoms with Crippen molar-refractivity contribution in [1.82, 2.24) is 11.0 Å². The lowest BCUT2D eigenvalue weighted by molar-refractivity contribution is 0.161. The van der Waals surface area contributed by atoms with Crippen LogP contribution in [-0.2, 0) is 13.1 Å². The fourth-order valence-corrected chi connectivity index (χ4v) is 2.74. The molecule has 27 heavy (non-hydrogen) atoms. The number of nitrogens with zero attached hydrogens (tertiary/aromatic N) is 1. The summed E-state index contributed by atoms with van der Waals surface area (Å²) < 4.78 is 5.94. The minimum Gasteiger partial charge on any atom is -0.457 e. The number of nitrogens with one attached hydrogen (secondary N) is 2. The van der Waals surface area contributed by atoms with Crippen LogP contribution >= 0.6 is 0 Å². The van der Waals surface area contributed by atoms with Crippen molar-refractivity contribution in [2.24, 2.45) is 0 Å². The topological polar surface area (TPSA) is 77.0 Å². The van der Waals surface area contributed by atoms with Crippen molar-refractivity contribution in [2.45, 2.75) is 13.1 Å². The van der Waals surface area contributed by atoms with Gasteiger partial charge < -0.3 is 20.1 Å². The van der Waals surface area contributed by atoms with Crippen LogP contribution in [0, 0.1) is 0 Å². The zero-order chi connectivity index (χ0) is 19.1. The van der Waals surface area contributed by atoms with Crippen LogP contribution in [0.3, 0.4) is 0 Å². The number of benzene rings is 3. The van der Waals surface area contributed by atoms with Crippen molar-refractivity contribution in [1.29, 1.82) is 0 Å². The highest BCUT2D eigenvalue weighted by Crippen LogP contribution is 2.29. The average molecular weight is 365 g/mol. The molecule has 3 aromatic rings. The Bertz CT molecular complexity index is 851. The number of rotatable bonds is 8. The van der Waals surface area contributed by atoms with Crippen molar-refractivity contribution in [2.75, 3.05) is 11.9 Å². The quantitative estimate of drug-likeness (QED) is 0.448. The van der Waals surface area contributed by atoms with Crippen molar-refractivity contribution < 1.29 is 15.2 Å². The Labute approximate surface area is 158 Å². The maximum atomic E-state index is 8.78. The molecule has 0 spiro atoms. The summed E-state index contributed by atoms with van der Waals surface area (Å²) in [6, 6.07) is 23.4. The number of hydrogen-bond acceptors (Lipinski definition) is 6. The van der Waals surface area contributed by atoms with E-state index in [2.05, 4.69) is 15.9 Å². The third kappa shape index (κ3) is 5.06. The molecule has 0 radical (unpaired) electrons. The van der Waals surface area contributed by atoms with Crippen molar-refractivity contribution >= 4 is 11.4 Å². The number of hydroxylamine groups is 2. The van der Waals surface area contributed by atoms with Gasteiger partial charge in [-0.1, -0.05) is 30.3 Å². The summed E-state index contributed by atoms with van der Waals surface area (Å²) in [5.74, 6) is 1.48. The molecule has 6 heteroatoms. The van der Waals surface area contributed by atoms with Gasteiger partial charge >= 0.3 is 0 Å². The summed E-state index contributed by atoms with van der Waals surface area (Å²) in [7, 11) is 2.00. The summed E-state index contributed by atoms with van der Waals surface area (Å²) in [5, 5.41) is 17.5. The van der Waals surface area contributed by atoms with Gasteiger partial charge in [-0.2, -0.15) is 0 Å². The summed E-state index contributed by atoms with van der Waals surface area (Å²) in [5.41, 5.74) is 8.31. The third-order valence-corrected chi connectivity index (χ3v) is 4.25. The van der Waals surface area contributed by atoms with Crippen LogP contribution in [-0.4, -0.2) is 17.5 Å². The molecule has 3 rings (SSSR count). The Morgan fingerprint density at radius 2 is 1.33 bits per heavy atom. The van der Waals surface area contributed by atoms with Crippen LogP contribution in [0.4, 0.5) is 11.4 Å². The molecule has 6 nitrogen and oxygen atoms in total. The Hall–Kier alpha value is -2.90. The van der Waals surface area contributed by atoms with Crippen molar-refractivity contribution in [3.05, 3.63) is 83.9 Å². The van der Waals surface area contributed by atoms with E-state index in [0.29, 0.717) is 13.1 Å². The lowest BCUT2D eigenvalue weighted by atomic mass is 10.2. The zero-order valence-electron chi connectivity index (χ0n) is 15.1. The second-order valence-corrected chi connectivity index (χ2v) is 6.14. The second-order valence-electron chi connectivity index (χ2n) is 6.14. The van der Waals surface area contributed by atoms with E-state index in [1.165, 1.54) is 0 Å². The predicted octanol–water partition coefficient (Wildman–Crippen LogP) is 4.20. The second kappa shape index (κ2) is 9.16. The molecule has 0 bridgehead atoms. The van der Waals surface area contributed by atoms with Crippen molar-refractivity contribution in [3.8, 4) is 11.5 Å². The van der Waals surface area contributed by atoms with Gasteiger partial charge in [0.15, 0.2) is 0 Å². The molecule has 0 fully saturated rings. The van der Waals surface area contributed by atoms with Gasteiger partial charge in [0.1, 0.15) is 11.5 Å². The van der Waals surface area contributed by atoms with Gasteiger partial charge in [0, 0.05) is 37.6 Å². The normalized spacial score (nSPS) is 10.6. The summed E-state index contributed by atoms with van der Waals surface area (Å²) in [6.07, 6.45) is 0. The largest absolute Gasteiger partial charge is 0.457 e. The molecule has 0 atom stereocenters. The minimum atomic E-state index is 0.397. The molecule has 0 heterocycles. The lowest BCUT2D eigenvalue weighted by Gasteiger charge is -2.20. The molecule has 4 N–H and O–H groups in total. The van der Waals surface area contributed by atoms with Crippen LogP contribution in [0.1, 0.15) is 11.1 Å². The number of anilines is 2. The first-order valence-corrected chi connectivity index (χ1v) is 8.63. The standard InChI is InChI=1S/C21H23N3O3/c1-24(18-9-5-16(6-10-18)14-22-25)19-3-2-4-21(13-19)27-20-11-7-17(8-12-20)15-23-26/h2-13,22-23,25-26H,14-15H2,1H3. The van der Waals surface area contributed by atoms with E-state index in [-0.39, 0.29) is 0 Å². The third-order valence-electron chi connectivity index (χ3n) is 4.25. The first-order chi connectivity index (χ1) is 13.2. The van der Waals surface area contributed by atoms with Gasteiger partial charge in [-0.05, 0) is 47.5 Å². The minimum absolute atomic E-state index is 0.397. The van der Waals surface area contributed by atoms with E-state index in [1.807, 2.05) is 79.8 Å². The van der Waals surface area contributed by atoms with Gasteiger partial charge in [-0.15, -0.1) is 0 Å². The fraction of sp³-hybridized carbons (Fsp3) is 0.143. The smallest absolute Gasteiger partial charge is 0.129 e. The van der Waals surface area contributed by atoms with E-state index in [9.17, 15) is 0 Å². The molecular weight excluding hydrogens is 342 g/mol. The molecule has 0 aliphatic rings. The predicted molar refractivity (Wildman–Crippen MR) is 105 cm³/mol. The molecule has 0 aromatic heterocycles. The summed E-state index contributed by atoms with van der Waals surface area (Å²) in [4.78, 5) is 2.07. The molecule has 0 saturated heterocycles. The van der Waals surface area contributed by atoms with Crippen LogP contribution in [0.2, 0.25) is 0 Å². The van der Waals surface area contributed by atoms with Gasteiger partial charge in [-0.3, -0.25) is 0 Å². The Kier molecular flexibility index (Phi) is 6.40. The first-order valence-electron chi connectivity index (χ1n) is 8.63. The maximum Gasteiger partial charge on any atom is 0.129 e. The molecule has 0 saturated carbocycles. The van der Waals surface area contributed by atoms with Gasteiger partial charge in [0.25, 0.3) is 0 Å². The molecule has 3 aromatic carbocycles. The Morgan fingerprint density at radius 3 is 1.93 bits per heavy atom. The Morgan fingerprint density at radius 1 is 0.741 bits per heavy atom. The fourth-order valence-electron chi connectivity index (χ4n) is 2.74. The van der Waals surface area contributed by atoms with Crippen LogP contribution < -0.4 is 20.6 Å². The van der Waals surface area contributed by atoms with E-state index in [4.69, 9.17) is 15.2 Å². The van der Waals surface area contributed by atoms with E-state index in [1.54, 1.807) is 0 Å². The molecule has 0 aliphatic heterocycles. The molecular formula is C21H23N3O3. The highest BCUT2D eigenvalue weighted by Gasteiger charge is 2.06. The molecule has 0 aliphatic carbocycles. The number of ether oxygens (including phenoxy) is 1. The number of hydrogen-bond donors (Lipinski definition) is 4.